The van der Waals surface area contributed by atoms with E-state index in [1.807, 2.05) is 30.3 Å². The summed E-state index contributed by atoms with van der Waals surface area (Å²) in [4.78, 5) is 0. The second-order valence-electron chi connectivity index (χ2n) is 4.26. The van der Waals surface area contributed by atoms with Crippen LogP contribution in [0.5, 0.6) is 5.75 Å². The number of rotatable bonds is 4. The van der Waals surface area contributed by atoms with E-state index in [2.05, 4.69) is 4.72 Å². The van der Waals surface area contributed by atoms with Gasteiger partial charge in [0.25, 0.3) is 0 Å². The molecular weight excluding hydrogens is 266 g/mol. The summed E-state index contributed by atoms with van der Waals surface area (Å²) in [6.07, 6.45) is 0.111. The van der Waals surface area contributed by atoms with Crippen molar-refractivity contribution in [3.63, 3.8) is 0 Å². The van der Waals surface area contributed by atoms with Crippen LogP contribution in [0.1, 0.15) is 11.7 Å². The lowest BCUT2D eigenvalue weighted by Gasteiger charge is -2.10. The van der Waals surface area contributed by atoms with Crippen molar-refractivity contribution in [2.75, 3.05) is 13.7 Å². The van der Waals surface area contributed by atoms with Crippen LogP contribution in [0.4, 0.5) is 0 Å². The average molecular weight is 279 g/mol. The van der Waals surface area contributed by atoms with Gasteiger partial charge in [-0.15, -0.1) is 0 Å². The number of nitrogens with one attached hydrogen (secondary N) is 1. The fourth-order valence-corrected chi connectivity index (χ4v) is 2.50. The summed E-state index contributed by atoms with van der Waals surface area (Å²) in [5.74, 6) is 0.314. The lowest BCUT2D eigenvalue weighted by Crippen LogP contribution is -2.24. The highest BCUT2D eigenvalue weighted by molar-refractivity contribution is 7.85. The Bertz CT molecular complexity index is 723. The quantitative estimate of drug-likeness (QED) is 0.866. The topological polar surface area (TPSA) is 67.9 Å². The third-order valence-electron chi connectivity index (χ3n) is 3.05. The molecule has 1 atom stereocenters. The Labute approximate surface area is 111 Å². The summed E-state index contributed by atoms with van der Waals surface area (Å²) >= 11 is 0. The summed E-state index contributed by atoms with van der Waals surface area (Å²) in [5.41, 5.74) is 1.06. The number of hydrogen-bond donors (Lipinski definition) is 1. The maximum atomic E-state index is 11.5. The standard InChI is InChI=1S/C13H13NO4S/c1-14-19(15,16)18-12-7-6-11(13-8-17-13)9-4-2-3-5-10(9)12/h2-7,13-14H,8H2,1H3. The summed E-state index contributed by atoms with van der Waals surface area (Å²) in [6.45, 7) is 0.707. The Morgan fingerprint density at radius 2 is 1.89 bits per heavy atom. The fourth-order valence-electron chi connectivity index (χ4n) is 2.04. The number of ether oxygens (including phenoxy) is 1. The van der Waals surface area contributed by atoms with Gasteiger partial charge < -0.3 is 8.92 Å². The minimum absolute atomic E-state index is 0.111. The van der Waals surface area contributed by atoms with Crippen molar-refractivity contribution >= 4 is 21.1 Å². The summed E-state index contributed by atoms with van der Waals surface area (Å²) in [5, 5.41) is 1.71. The highest BCUT2D eigenvalue weighted by atomic mass is 32.2. The molecule has 0 amide bonds. The van der Waals surface area contributed by atoms with E-state index in [4.69, 9.17) is 8.92 Å². The third kappa shape index (κ3) is 2.42. The molecule has 1 fully saturated rings. The van der Waals surface area contributed by atoms with Crippen molar-refractivity contribution in [2.24, 2.45) is 0 Å². The number of hydrogen-bond acceptors (Lipinski definition) is 4. The Kier molecular flexibility index (Phi) is 2.93. The molecule has 0 radical (unpaired) electrons. The van der Waals surface area contributed by atoms with Crippen molar-refractivity contribution in [3.05, 3.63) is 42.0 Å². The SMILES string of the molecule is CNS(=O)(=O)Oc1ccc(C2CO2)c2ccccc12. The molecule has 5 nitrogen and oxygen atoms in total. The van der Waals surface area contributed by atoms with Crippen LogP contribution in [-0.2, 0) is 15.0 Å². The van der Waals surface area contributed by atoms with Gasteiger partial charge in [-0.25, -0.2) is 0 Å². The molecule has 2 aromatic carbocycles. The lowest BCUT2D eigenvalue weighted by molar-refractivity contribution is 0.417. The first-order valence-electron chi connectivity index (χ1n) is 5.87. The van der Waals surface area contributed by atoms with E-state index in [0.717, 1.165) is 16.3 Å². The van der Waals surface area contributed by atoms with E-state index in [-0.39, 0.29) is 6.10 Å². The van der Waals surface area contributed by atoms with Gasteiger partial charge in [-0.2, -0.15) is 13.1 Å². The molecule has 1 saturated heterocycles. The molecule has 0 bridgehead atoms. The molecule has 1 heterocycles. The molecule has 0 spiro atoms. The largest absolute Gasteiger partial charge is 0.382 e. The first-order chi connectivity index (χ1) is 9.11. The first kappa shape index (κ1) is 12.4. The second-order valence-corrected chi connectivity index (χ2v) is 5.75. The van der Waals surface area contributed by atoms with Crippen LogP contribution in [0.25, 0.3) is 10.8 Å². The maximum absolute atomic E-state index is 11.5. The van der Waals surface area contributed by atoms with Gasteiger partial charge in [-0.3, -0.25) is 0 Å². The van der Waals surface area contributed by atoms with Crippen LogP contribution >= 0.6 is 0 Å². The van der Waals surface area contributed by atoms with Gasteiger partial charge >= 0.3 is 10.3 Å². The van der Waals surface area contributed by atoms with Crippen LogP contribution in [0.3, 0.4) is 0 Å². The minimum atomic E-state index is -3.76. The smallest absolute Gasteiger partial charge is 0.370 e. The van der Waals surface area contributed by atoms with Gasteiger partial charge in [-0.05, 0) is 17.0 Å². The zero-order chi connectivity index (χ0) is 13.5. The Morgan fingerprint density at radius 1 is 1.21 bits per heavy atom. The predicted molar refractivity (Wildman–Crippen MR) is 71.2 cm³/mol. The van der Waals surface area contributed by atoms with Crippen molar-refractivity contribution < 1.29 is 17.3 Å². The molecule has 19 heavy (non-hydrogen) atoms. The van der Waals surface area contributed by atoms with Crippen LogP contribution < -0.4 is 8.91 Å². The van der Waals surface area contributed by atoms with E-state index in [1.165, 1.54) is 7.05 Å². The summed E-state index contributed by atoms with van der Waals surface area (Å²) < 4.78 is 35.4. The van der Waals surface area contributed by atoms with E-state index >= 15 is 0 Å². The van der Waals surface area contributed by atoms with E-state index in [0.29, 0.717) is 12.4 Å². The van der Waals surface area contributed by atoms with Crippen LogP contribution in [0.15, 0.2) is 36.4 Å². The van der Waals surface area contributed by atoms with Crippen molar-refractivity contribution in [2.45, 2.75) is 6.10 Å². The number of fused-ring (bicyclic) bond motifs is 1. The molecule has 6 heteroatoms. The third-order valence-corrected chi connectivity index (χ3v) is 3.95. The van der Waals surface area contributed by atoms with Crippen LogP contribution in [0.2, 0.25) is 0 Å². The zero-order valence-corrected chi connectivity index (χ0v) is 11.1. The Hall–Kier alpha value is -1.63. The molecular formula is C13H13NO4S. The molecule has 0 saturated carbocycles. The monoisotopic (exact) mass is 279 g/mol. The zero-order valence-electron chi connectivity index (χ0n) is 10.3. The van der Waals surface area contributed by atoms with Crippen molar-refractivity contribution in [1.82, 2.24) is 4.72 Å². The molecule has 100 valence electrons. The number of epoxide rings is 1. The van der Waals surface area contributed by atoms with E-state index in [1.54, 1.807) is 6.07 Å². The molecule has 2 aromatic rings. The van der Waals surface area contributed by atoms with E-state index < -0.39 is 10.3 Å². The fraction of sp³-hybridized carbons (Fsp3) is 0.231. The minimum Gasteiger partial charge on any atom is -0.370 e. The van der Waals surface area contributed by atoms with Crippen molar-refractivity contribution in [1.29, 1.82) is 0 Å². The van der Waals surface area contributed by atoms with Gasteiger partial charge in [0.05, 0.1) is 6.61 Å². The highest BCUT2D eigenvalue weighted by Crippen LogP contribution is 2.38. The highest BCUT2D eigenvalue weighted by Gasteiger charge is 2.27. The molecule has 0 aromatic heterocycles. The summed E-state index contributed by atoms with van der Waals surface area (Å²) in [6, 6.07) is 11.0. The normalized spacial score (nSPS) is 18.5. The second kappa shape index (κ2) is 4.48. The first-order valence-corrected chi connectivity index (χ1v) is 7.28. The number of benzene rings is 2. The van der Waals surface area contributed by atoms with Crippen LogP contribution in [-0.4, -0.2) is 22.1 Å². The molecule has 1 unspecified atom stereocenters. The molecule has 3 rings (SSSR count). The van der Waals surface area contributed by atoms with Gasteiger partial charge in [-0.1, -0.05) is 30.3 Å². The molecule has 1 aliphatic heterocycles. The van der Waals surface area contributed by atoms with Crippen molar-refractivity contribution in [3.8, 4) is 5.75 Å². The van der Waals surface area contributed by atoms with Gasteiger partial charge in [0.15, 0.2) is 5.75 Å². The lowest BCUT2D eigenvalue weighted by atomic mass is 10.0. The van der Waals surface area contributed by atoms with Crippen LogP contribution in [0, 0.1) is 0 Å². The Balaban J connectivity index is 2.14. The van der Waals surface area contributed by atoms with Gasteiger partial charge in [0.1, 0.15) is 6.10 Å². The van der Waals surface area contributed by atoms with Gasteiger partial charge in [0.2, 0.25) is 0 Å². The van der Waals surface area contributed by atoms with E-state index in [9.17, 15) is 8.42 Å². The maximum Gasteiger partial charge on any atom is 0.382 e. The summed E-state index contributed by atoms with van der Waals surface area (Å²) in [7, 11) is -2.45. The average Bonchev–Trinajstić information content (AvgIpc) is 3.23. The molecule has 1 N–H and O–H groups in total. The predicted octanol–water partition coefficient (Wildman–Crippen LogP) is 1.75. The van der Waals surface area contributed by atoms with Gasteiger partial charge in [0, 0.05) is 12.4 Å². The molecule has 1 aliphatic rings. The Morgan fingerprint density at radius 3 is 2.53 bits per heavy atom. The molecule has 0 aliphatic carbocycles.